The van der Waals surface area contributed by atoms with E-state index in [1.165, 1.54) is 0 Å². The van der Waals surface area contributed by atoms with Crippen molar-refractivity contribution in [3.8, 4) is 11.1 Å². The van der Waals surface area contributed by atoms with E-state index in [1.54, 1.807) is 43.3 Å². The minimum Gasteiger partial charge on any atom is -0.319 e. The van der Waals surface area contributed by atoms with Gasteiger partial charge >= 0.3 is 6.03 Å². The maximum atomic E-state index is 13.0. The van der Waals surface area contributed by atoms with Gasteiger partial charge in [0.05, 0.1) is 6.54 Å². The van der Waals surface area contributed by atoms with Crippen LogP contribution in [0.2, 0.25) is 5.02 Å². The molecule has 150 valence electrons. The van der Waals surface area contributed by atoms with Gasteiger partial charge in [-0.2, -0.15) is 0 Å². The summed E-state index contributed by atoms with van der Waals surface area (Å²) in [5.41, 5.74) is 1.63. The monoisotopic (exact) mass is 418 g/mol. The van der Waals surface area contributed by atoms with Gasteiger partial charge in [0.25, 0.3) is 5.91 Å². The van der Waals surface area contributed by atoms with Gasteiger partial charge in [-0.05, 0) is 24.1 Å². The Balaban J connectivity index is 1.53. The van der Waals surface area contributed by atoms with E-state index in [1.807, 2.05) is 42.5 Å². The van der Waals surface area contributed by atoms with E-state index in [2.05, 4.69) is 5.32 Å². The van der Waals surface area contributed by atoms with Crippen molar-refractivity contribution in [1.82, 2.24) is 10.2 Å². The van der Waals surface area contributed by atoms with Crippen molar-refractivity contribution in [1.29, 1.82) is 0 Å². The molecule has 6 heteroatoms. The zero-order chi connectivity index (χ0) is 21.3. The van der Waals surface area contributed by atoms with Crippen molar-refractivity contribution < 1.29 is 14.4 Å². The van der Waals surface area contributed by atoms with Gasteiger partial charge in [-0.3, -0.25) is 14.5 Å². The van der Waals surface area contributed by atoms with E-state index in [-0.39, 0.29) is 12.3 Å². The Morgan fingerprint density at radius 3 is 2.17 bits per heavy atom. The lowest BCUT2D eigenvalue weighted by Crippen LogP contribution is -2.41. The average Bonchev–Trinajstić information content (AvgIpc) is 2.98. The third kappa shape index (κ3) is 3.48. The number of carbonyl (C=O) groups is 3. The molecular weight excluding hydrogens is 400 g/mol. The van der Waals surface area contributed by atoms with Crippen molar-refractivity contribution in [2.45, 2.75) is 12.5 Å². The van der Waals surface area contributed by atoms with E-state index in [0.29, 0.717) is 16.1 Å². The molecule has 1 atom stereocenters. The third-order valence-electron chi connectivity index (χ3n) is 5.30. The van der Waals surface area contributed by atoms with Gasteiger partial charge in [-0.1, -0.05) is 84.4 Å². The molecule has 1 N–H and O–H groups in total. The Kier molecular flexibility index (Phi) is 5.14. The SMILES string of the molecule is C[C@]1(c2ccccc2Cl)NC(=O)N(CC(=O)c2ccc(-c3ccccc3)cc2)C1=O. The Hall–Kier alpha value is -3.44. The van der Waals surface area contributed by atoms with Crippen molar-refractivity contribution in [3.63, 3.8) is 0 Å². The first kappa shape index (κ1) is 19.9. The second-order valence-corrected chi connectivity index (χ2v) is 7.70. The molecule has 1 fully saturated rings. The molecular formula is C24H19ClN2O3. The molecule has 1 heterocycles. The highest BCUT2D eigenvalue weighted by Crippen LogP contribution is 2.33. The highest BCUT2D eigenvalue weighted by molar-refractivity contribution is 6.32. The lowest BCUT2D eigenvalue weighted by Gasteiger charge is -2.23. The largest absolute Gasteiger partial charge is 0.325 e. The molecule has 1 saturated heterocycles. The van der Waals surface area contributed by atoms with Crippen LogP contribution < -0.4 is 5.32 Å². The summed E-state index contributed by atoms with van der Waals surface area (Å²) in [6.45, 7) is 1.25. The number of carbonyl (C=O) groups excluding carboxylic acids is 3. The molecule has 0 radical (unpaired) electrons. The first-order valence-electron chi connectivity index (χ1n) is 9.48. The van der Waals surface area contributed by atoms with Crippen LogP contribution in [-0.2, 0) is 10.3 Å². The molecule has 4 rings (SSSR count). The number of halogens is 1. The number of Topliss-reactive ketones (excluding diaryl/α,β-unsaturated/α-hetero) is 1. The summed E-state index contributed by atoms with van der Waals surface area (Å²) in [6.07, 6.45) is 0. The number of nitrogens with one attached hydrogen (secondary N) is 1. The summed E-state index contributed by atoms with van der Waals surface area (Å²) in [5, 5.41) is 3.05. The second kappa shape index (κ2) is 7.76. The fourth-order valence-electron chi connectivity index (χ4n) is 3.60. The first-order valence-corrected chi connectivity index (χ1v) is 9.86. The van der Waals surface area contributed by atoms with Crippen molar-refractivity contribution >= 4 is 29.3 Å². The molecule has 0 bridgehead atoms. The quantitative estimate of drug-likeness (QED) is 0.484. The number of benzene rings is 3. The first-order chi connectivity index (χ1) is 14.4. The molecule has 0 aliphatic carbocycles. The van der Waals surface area contributed by atoms with Crippen LogP contribution in [0.1, 0.15) is 22.8 Å². The molecule has 1 aliphatic rings. The van der Waals surface area contributed by atoms with Crippen LogP contribution in [-0.4, -0.2) is 29.2 Å². The zero-order valence-electron chi connectivity index (χ0n) is 16.3. The second-order valence-electron chi connectivity index (χ2n) is 7.29. The highest BCUT2D eigenvalue weighted by atomic mass is 35.5. The molecule has 3 aromatic rings. The van der Waals surface area contributed by atoms with Crippen LogP contribution in [0.3, 0.4) is 0 Å². The smallest absolute Gasteiger partial charge is 0.319 e. The number of nitrogens with zero attached hydrogens (tertiary/aromatic N) is 1. The molecule has 3 amide bonds. The van der Waals surface area contributed by atoms with E-state index in [9.17, 15) is 14.4 Å². The molecule has 0 aromatic heterocycles. The standard InChI is InChI=1S/C24H19ClN2O3/c1-24(19-9-5-6-10-20(19)25)22(29)27(23(30)26-24)15-21(28)18-13-11-17(12-14-18)16-7-3-2-4-8-16/h2-14H,15H2,1H3,(H,26,30)/t24-/m1/s1. The van der Waals surface area contributed by atoms with E-state index in [0.717, 1.165) is 16.0 Å². The van der Waals surface area contributed by atoms with Gasteiger partial charge in [-0.25, -0.2) is 4.79 Å². The lowest BCUT2D eigenvalue weighted by molar-refractivity contribution is -0.130. The Labute approximate surface area is 179 Å². The molecule has 0 spiro atoms. The molecule has 0 saturated carbocycles. The molecule has 1 aliphatic heterocycles. The maximum Gasteiger partial charge on any atom is 0.325 e. The van der Waals surface area contributed by atoms with Crippen molar-refractivity contribution in [2.75, 3.05) is 6.54 Å². The van der Waals surface area contributed by atoms with Gasteiger partial charge in [-0.15, -0.1) is 0 Å². The van der Waals surface area contributed by atoms with Crippen LogP contribution >= 0.6 is 11.6 Å². The van der Waals surface area contributed by atoms with Gasteiger partial charge in [0, 0.05) is 16.1 Å². The minimum absolute atomic E-state index is 0.318. The summed E-state index contributed by atoms with van der Waals surface area (Å²) in [4.78, 5) is 39.2. The predicted molar refractivity (Wildman–Crippen MR) is 115 cm³/mol. The summed E-state index contributed by atoms with van der Waals surface area (Å²) < 4.78 is 0. The molecule has 0 unspecified atom stereocenters. The summed E-state index contributed by atoms with van der Waals surface area (Å²) in [7, 11) is 0. The lowest BCUT2D eigenvalue weighted by atomic mass is 9.92. The van der Waals surface area contributed by atoms with Crippen LogP contribution in [0.4, 0.5) is 4.79 Å². The molecule has 30 heavy (non-hydrogen) atoms. The van der Waals surface area contributed by atoms with Gasteiger partial charge in [0.1, 0.15) is 5.54 Å². The predicted octanol–water partition coefficient (Wildman–Crippen LogP) is 4.66. The zero-order valence-corrected chi connectivity index (χ0v) is 17.0. The summed E-state index contributed by atoms with van der Waals surface area (Å²) in [6, 6.07) is 23.1. The van der Waals surface area contributed by atoms with Gasteiger partial charge < -0.3 is 5.32 Å². The van der Waals surface area contributed by atoms with Crippen molar-refractivity contribution in [3.05, 3.63) is 95.0 Å². The van der Waals surface area contributed by atoms with Gasteiger partial charge in [0.15, 0.2) is 5.78 Å². The van der Waals surface area contributed by atoms with Crippen molar-refractivity contribution in [2.24, 2.45) is 0 Å². The number of hydrogen-bond acceptors (Lipinski definition) is 3. The number of rotatable bonds is 5. The topological polar surface area (TPSA) is 66.5 Å². The normalized spacial score (nSPS) is 18.4. The fourth-order valence-corrected chi connectivity index (χ4v) is 3.93. The maximum absolute atomic E-state index is 13.0. The van der Waals surface area contributed by atoms with Gasteiger partial charge in [0.2, 0.25) is 0 Å². The van der Waals surface area contributed by atoms with E-state index >= 15 is 0 Å². The van der Waals surface area contributed by atoms with Crippen LogP contribution in [0.5, 0.6) is 0 Å². The Morgan fingerprint density at radius 2 is 1.50 bits per heavy atom. The number of hydrogen-bond donors (Lipinski definition) is 1. The third-order valence-corrected chi connectivity index (χ3v) is 5.63. The number of imide groups is 1. The minimum atomic E-state index is -1.31. The summed E-state index contributed by atoms with van der Waals surface area (Å²) >= 11 is 6.23. The average molecular weight is 419 g/mol. The molecule has 5 nitrogen and oxygen atoms in total. The van der Waals surface area contributed by atoms with Crippen LogP contribution in [0.15, 0.2) is 78.9 Å². The van der Waals surface area contributed by atoms with Crippen LogP contribution in [0, 0.1) is 0 Å². The fraction of sp³-hybridized carbons (Fsp3) is 0.125. The Morgan fingerprint density at radius 1 is 0.900 bits per heavy atom. The number of amides is 3. The van der Waals surface area contributed by atoms with Crippen LogP contribution in [0.25, 0.3) is 11.1 Å². The van der Waals surface area contributed by atoms with E-state index < -0.39 is 17.5 Å². The highest BCUT2D eigenvalue weighted by Gasteiger charge is 2.50. The number of ketones is 1. The van der Waals surface area contributed by atoms with E-state index in [4.69, 9.17) is 11.6 Å². The summed E-state index contributed by atoms with van der Waals surface area (Å²) in [5.74, 6) is -0.823. The number of urea groups is 1. The Bertz CT molecular complexity index is 1130. The molecule has 3 aromatic carbocycles.